The summed E-state index contributed by atoms with van der Waals surface area (Å²) in [5, 5.41) is 3.69. The van der Waals surface area contributed by atoms with Crippen molar-refractivity contribution in [2.45, 2.75) is 24.2 Å². The second kappa shape index (κ2) is 11.0. The van der Waals surface area contributed by atoms with Crippen molar-refractivity contribution in [3.63, 3.8) is 0 Å². The smallest absolute Gasteiger partial charge is 0.220 e. The first-order valence-electron chi connectivity index (χ1n) is 8.48. The molecule has 0 saturated heterocycles. The monoisotopic (exact) mass is 393 g/mol. The lowest BCUT2D eigenvalue weighted by Gasteiger charge is -2.10. The zero-order chi connectivity index (χ0) is 18.8. The molecule has 0 bridgehead atoms. The van der Waals surface area contributed by atoms with Gasteiger partial charge in [0, 0.05) is 28.6 Å². The van der Waals surface area contributed by atoms with E-state index in [4.69, 9.17) is 21.1 Å². The topological polar surface area (TPSA) is 47.6 Å². The summed E-state index contributed by atoms with van der Waals surface area (Å²) in [6.07, 6.45) is 2.26. The van der Waals surface area contributed by atoms with Crippen molar-refractivity contribution < 1.29 is 14.3 Å². The molecule has 0 aliphatic rings. The summed E-state index contributed by atoms with van der Waals surface area (Å²) < 4.78 is 10.5. The number of amides is 1. The molecule has 0 aliphatic heterocycles. The Morgan fingerprint density at radius 1 is 1.08 bits per heavy atom. The molecule has 0 unspecified atom stereocenters. The van der Waals surface area contributed by atoms with Crippen LogP contribution in [0.1, 0.15) is 18.4 Å². The number of carbonyl (C=O) groups excluding carboxylic acids is 1. The highest BCUT2D eigenvalue weighted by molar-refractivity contribution is 7.99. The molecule has 1 amide bonds. The summed E-state index contributed by atoms with van der Waals surface area (Å²) >= 11 is 7.51. The maximum absolute atomic E-state index is 11.9. The first kappa shape index (κ1) is 20.5. The average molecular weight is 394 g/mol. The van der Waals surface area contributed by atoms with Gasteiger partial charge in [0.05, 0.1) is 14.2 Å². The number of methoxy groups -OCH3 is 2. The number of ether oxygens (including phenoxy) is 2. The second-order valence-electron chi connectivity index (χ2n) is 5.70. The van der Waals surface area contributed by atoms with Gasteiger partial charge in [-0.2, -0.15) is 0 Å². The maximum atomic E-state index is 11.9. The molecule has 0 radical (unpaired) electrons. The number of aryl methyl sites for hydroxylation is 1. The molecule has 2 rings (SSSR count). The molecule has 4 nitrogen and oxygen atoms in total. The van der Waals surface area contributed by atoms with Crippen LogP contribution in [0.15, 0.2) is 47.4 Å². The van der Waals surface area contributed by atoms with Crippen LogP contribution in [0, 0.1) is 0 Å². The SMILES string of the molecule is COc1ccc(CCCNC(=O)CCSc2ccc(Cl)cc2)cc1OC. The van der Waals surface area contributed by atoms with E-state index >= 15 is 0 Å². The minimum Gasteiger partial charge on any atom is -0.493 e. The van der Waals surface area contributed by atoms with E-state index in [-0.39, 0.29) is 5.91 Å². The van der Waals surface area contributed by atoms with Gasteiger partial charge < -0.3 is 14.8 Å². The number of thioether (sulfide) groups is 1. The van der Waals surface area contributed by atoms with Gasteiger partial charge in [-0.3, -0.25) is 4.79 Å². The van der Waals surface area contributed by atoms with Crippen LogP contribution in [-0.4, -0.2) is 32.4 Å². The molecular formula is C20H24ClNO3S. The van der Waals surface area contributed by atoms with Crippen LogP contribution < -0.4 is 14.8 Å². The van der Waals surface area contributed by atoms with Crippen molar-refractivity contribution in [2.75, 3.05) is 26.5 Å². The summed E-state index contributed by atoms with van der Waals surface area (Å²) in [5.41, 5.74) is 1.16. The molecule has 0 fully saturated rings. The predicted molar refractivity (Wildman–Crippen MR) is 108 cm³/mol. The van der Waals surface area contributed by atoms with Gasteiger partial charge in [-0.05, 0) is 54.8 Å². The molecule has 1 N–H and O–H groups in total. The van der Waals surface area contributed by atoms with E-state index in [0.29, 0.717) is 13.0 Å². The van der Waals surface area contributed by atoms with E-state index in [1.54, 1.807) is 26.0 Å². The lowest BCUT2D eigenvalue weighted by Crippen LogP contribution is -2.24. The Hall–Kier alpha value is -1.85. The average Bonchev–Trinajstić information content (AvgIpc) is 2.66. The van der Waals surface area contributed by atoms with E-state index in [0.717, 1.165) is 45.6 Å². The van der Waals surface area contributed by atoms with Crippen molar-refractivity contribution in [2.24, 2.45) is 0 Å². The van der Waals surface area contributed by atoms with Gasteiger partial charge in [0.25, 0.3) is 0 Å². The molecule has 2 aromatic carbocycles. The molecule has 6 heteroatoms. The van der Waals surface area contributed by atoms with Crippen LogP contribution in [0.4, 0.5) is 0 Å². The Morgan fingerprint density at radius 2 is 1.81 bits per heavy atom. The van der Waals surface area contributed by atoms with Crippen molar-refractivity contribution >= 4 is 29.3 Å². The third kappa shape index (κ3) is 6.81. The molecule has 0 saturated carbocycles. The normalized spacial score (nSPS) is 10.4. The highest BCUT2D eigenvalue weighted by Gasteiger charge is 2.05. The van der Waals surface area contributed by atoms with Gasteiger partial charge in [0.1, 0.15) is 0 Å². The minimum absolute atomic E-state index is 0.0822. The Balaban J connectivity index is 1.63. The maximum Gasteiger partial charge on any atom is 0.220 e. The van der Waals surface area contributed by atoms with Gasteiger partial charge in [0.2, 0.25) is 5.91 Å². The summed E-state index contributed by atoms with van der Waals surface area (Å²) in [6.45, 7) is 0.665. The zero-order valence-electron chi connectivity index (χ0n) is 15.1. The molecule has 2 aromatic rings. The molecule has 0 spiro atoms. The first-order chi connectivity index (χ1) is 12.6. The quantitative estimate of drug-likeness (QED) is 0.473. The van der Waals surface area contributed by atoms with Crippen LogP contribution in [0.3, 0.4) is 0 Å². The Morgan fingerprint density at radius 3 is 2.50 bits per heavy atom. The van der Waals surface area contributed by atoms with Gasteiger partial charge >= 0.3 is 0 Å². The minimum atomic E-state index is 0.0822. The van der Waals surface area contributed by atoms with Gasteiger partial charge in [-0.1, -0.05) is 17.7 Å². The number of carbonyl (C=O) groups is 1. The highest BCUT2D eigenvalue weighted by Crippen LogP contribution is 2.27. The van der Waals surface area contributed by atoms with Crippen LogP contribution in [-0.2, 0) is 11.2 Å². The lowest BCUT2D eigenvalue weighted by molar-refractivity contribution is -0.120. The number of nitrogens with one attached hydrogen (secondary N) is 1. The Labute approximate surface area is 164 Å². The summed E-state index contributed by atoms with van der Waals surface area (Å²) in [7, 11) is 3.25. The molecule has 0 atom stereocenters. The van der Waals surface area contributed by atoms with Crippen LogP contribution >= 0.6 is 23.4 Å². The van der Waals surface area contributed by atoms with Crippen molar-refractivity contribution in [1.29, 1.82) is 0 Å². The number of rotatable bonds is 10. The van der Waals surface area contributed by atoms with Crippen LogP contribution in [0.25, 0.3) is 0 Å². The van der Waals surface area contributed by atoms with E-state index < -0.39 is 0 Å². The molecular weight excluding hydrogens is 370 g/mol. The summed E-state index contributed by atoms with van der Waals surface area (Å²) in [6, 6.07) is 13.5. The standard InChI is InChI=1S/C20H24ClNO3S/c1-24-18-10-5-15(14-19(18)25-2)4-3-12-22-20(23)11-13-26-17-8-6-16(21)7-9-17/h5-10,14H,3-4,11-13H2,1-2H3,(H,22,23). The summed E-state index contributed by atoms with van der Waals surface area (Å²) in [4.78, 5) is 13.0. The molecule has 140 valence electrons. The van der Waals surface area contributed by atoms with Crippen molar-refractivity contribution in [1.82, 2.24) is 5.32 Å². The fraction of sp³-hybridized carbons (Fsp3) is 0.350. The van der Waals surface area contributed by atoms with E-state index in [1.807, 2.05) is 42.5 Å². The zero-order valence-corrected chi connectivity index (χ0v) is 16.7. The molecule has 0 heterocycles. The number of halogens is 1. The second-order valence-corrected chi connectivity index (χ2v) is 7.30. The fourth-order valence-corrected chi connectivity index (χ4v) is 3.41. The van der Waals surface area contributed by atoms with E-state index in [2.05, 4.69) is 5.32 Å². The molecule has 0 aromatic heterocycles. The number of hydrogen-bond acceptors (Lipinski definition) is 4. The molecule has 26 heavy (non-hydrogen) atoms. The first-order valence-corrected chi connectivity index (χ1v) is 9.84. The predicted octanol–water partition coefficient (Wildman–Crippen LogP) is 4.59. The third-order valence-corrected chi connectivity index (χ3v) is 5.09. The summed E-state index contributed by atoms with van der Waals surface area (Å²) in [5.74, 6) is 2.29. The Kier molecular flexibility index (Phi) is 8.65. The largest absolute Gasteiger partial charge is 0.493 e. The van der Waals surface area contributed by atoms with E-state index in [1.165, 1.54) is 0 Å². The lowest BCUT2D eigenvalue weighted by atomic mass is 10.1. The molecule has 0 aliphatic carbocycles. The van der Waals surface area contributed by atoms with Gasteiger partial charge in [-0.25, -0.2) is 0 Å². The Bertz CT molecular complexity index is 707. The van der Waals surface area contributed by atoms with Gasteiger partial charge in [0.15, 0.2) is 11.5 Å². The van der Waals surface area contributed by atoms with E-state index in [9.17, 15) is 4.79 Å². The van der Waals surface area contributed by atoms with Crippen molar-refractivity contribution in [3.05, 3.63) is 53.1 Å². The number of benzene rings is 2. The highest BCUT2D eigenvalue weighted by atomic mass is 35.5. The third-order valence-electron chi connectivity index (χ3n) is 3.82. The fourth-order valence-electron chi connectivity index (χ4n) is 2.44. The number of hydrogen-bond donors (Lipinski definition) is 1. The van der Waals surface area contributed by atoms with Crippen molar-refractivity contribution in [3.8, 4) is 11.5 Å². The van der Waals surface area contributed by atoms with Crippen LogP contribution in [0.2, 0.25) is 5.02 Å². The van der Waals surface area contributed by atoms with Crippen LogP contribution in [0.5, 0.6) is 11.5 Å². The van der Waals surface area contributed by atoms with Gasteiger partial charge in [-0.15, -0.1) is 11.8 Å².